The summed E-state index contributed by atoms with van der Waals surface area (Å²) >= 11 is 0. The van der Waals surface area contributed by atoms with E-state index < -0.39 is 33.6 Å². The van der Waals surface area contributed by atoms with E-state index in [1.807, 2.05) is 18.2 Å². The van der Waals surface area contributed by atoms with Gasteiger partial charge in [0, 0.05) is 18.2 Å². The predicted molar refractivity (Wildman–Crippen MR) is 164 cm³/mol. The zero-order chi connectivity index (χ0) is 30.8. The van der Waals surface area contributed by atoms with E-state index >= 15 is 0 Å². The molecule has 0 spiro atoms. The summed E-state index contributed by atoms with van der Waals surface area (Å²) in [6.07, 6.45) is 5.51. The summed E-state index contributed by atoms with van der Waals surface area (Å²) in [5.41, 5.74) is 2.33. The minimum atomic E-state index is -3.84. The fourth-order valence-corrected chi connectivity index (χ4v) is 6.51. The number of sulfonamides is 1. The highest BCUT2D eigenvalue weighted by Crippen LogP contribution is 2.45. The third kappa shape index (κ3) is 7.36. The maximum atomic E-state index is 14.0. The Labute approximate surface area is 248 Å². The Bertz CT molecular complexity index is 1460. The predicted octanol–water partition coefficient (Wildman–Crippen LogP) is 5.54. The van der Waals surface area contributed by atoms with Crippen molar-refractivity contribution < 1.29 is 32.6 Å². The first kappa shape index (κ1) is 31.6. The monoisotopic (exact) mass is 601 g/mol. The number of nitrogens with one attached hydrogen (secondary N) is 3. The first-order chi connectivity index (χ1) is 19.7. The number of carbonyl (C=O) groups excluding carboxylic acids is 1. The molecular formula is C31H43N3O7S. The first-order valence-electron chi connectivity index (χ1n) is 14.5. The van der Waals surface area contributed by atoms with E-state index in [2.05, 4.69) is 15.4 Å². The quantitative estimate of drug-likeness (QED) is 0.289. The fourth-order valence-electron chi connectivity index (χ4n) is 5.88. The lowest BCUT2D eigenvalue weighted by atomic mass is 9.83. The van der Waals surface area contributed by atoms with Gasteiger partial charge in [-0.15, -0.1) is 0 Å². The Hall–Kier alpha value is -3.31. The summed E-state index contributed by atoms with van der Waals surface area (Å²) in [5.74, 6) is -0.957. The van der Waals surface area contributed by atoms with Crippen LogP contribution in [0.4, 0.5) is 11.4 Å². The van der Waals surface area contributed by atoms with E-state index in [4.69, 9.17) is 9.47 Å². The Morgan fingerprint density at radius 1 is 1.10 bits per heavy atom. The molecule has 230 valence electrons. The zero-order valence-corrected chi connectivity index (χ0v) is 26.2. The number of ether oxygens (including phenoxy) is 2. The van der Waals surface area contributed by atoms with Gasteiger partial charge in [0.05, 0.1) is 28.8 Å². The highest BCUT2D eigenvalue weighted by Gasteiger charge is 2.36. The van der Waals surface area contributed by atoms with Crippen molar-refractivity contribution in [3.8, 4) is 16.9 Å². The van der Waals surface area contributed by atoms with Crippen molar-refractivity contribution in [3.63, 3.8) is 0 Å². The maximum absolute atomic E-state index is 14.0. The molecule has 1 saturated carbocycles. The topological polar surface area (TPSA) is 143 Å². The van der Waals surface area contributed by atoms with Crippen LogP contribution in [0.1, 0.15) is 92.4 Å². The van der Waals surface area contributed by atoms with Crippen molar-refractivity contribution in [2.45, 2.75) is 90.9 Å². The van der Waals surface area contributed by atoms with Gasteiger partial charge >= 0.3 is 5.97 Å². The lowest BCUT2D eigenvalue weighted by Gasteiger charge is -2.31. The van der Waals surface area contributed by atoms with Crippen molar-refractivity contribution in [1.29, 1.82) is 0 Å². The molecule has 1 amide bonds. The molecule has 0 saturated heterocycles. The highest BCUT2D eigenvalue weighted by atomic mass is 32.2. The third-order valence-corrected chi connectivity index (χ3v) is 8.23. The minimum absolute atomic E-state index is 0.0324. The van der Waals surface area contributed by atoms with Gasteiger partial charge in [0.15, 0.2) is 6.10 Å². The van der Waals surface area contributed by atoms with Gasteiger partial charge in [0.1, 0.15) is 12.4 Å². The Morgan fingerprint density at radius 2 is 1.76 bits per heavy atom. The second-order valence-corrected chi connectivity index (χ2v) is 14.0. The van der Waals surface area contributed by atoms with Crippen LogP contribution in [0.15, 0.2) is 18.2 Å². The smallest absolute Gasteiger partial charge is 0.337 e. The van der Waals surface area contributed by atoms with E-state index in [1.54, 1.807) is 34.6 Å². The molecule has 0 aromatic heterocycles. The zero-order valence-electron chi connectivity index (χ0n) is 25.3. The minimum Gasteiger partial charge on any atom is -0.490 e. The third-order valence-electron chi connectivity index (χ3n) is 7.65. The SMILES string of the molecule is Cc1c(C(=O)NC2CCCCCC2)c(NS(C)(=O)=O)c(C)c(C(OC(C)(C)C)C(=O)O)c1-c1ccc2c(c1)NCCO2. The second kappa shape index (κ2) is 12.5. The molecule has 2 aromatic carbocycles. The van der Waals surface area contributed by atoms with Gasteiger partial charge in [0.2, 0.25) is 10.0 Å². The lowest BCUT2D eigenvalue weighted by molar-refractivity contribution is -0.160. The molecule has 42 heavy (non-hydrogen) atoms. The van der Waals surface area contributed by atoms with Gasteiger partial charge in [-0.1, -0.05) is 31.7 Å². The van der Waals surface area contributed by atoms with Crippen LogP contribution in [0.5, 0.6) is 5.75 Å². The van der Waals surface area contributed by atoms with Crippen LogP contribution in [-0.2, 0) is 19.6 Å². The Kier molecular flexibility index (Phi) is 9.42. The highest BCUT2D eigenvalue weighted by molar-refractivity contribution is 7.92. The number of hydrogen-bond acceptors (Lipinski definition) is 7. The van der Waals surface area contributed by atoms with Crippen LogP contribution in [0.25, 0.3) is 11.1 Å². The molecule has 1 heterocycles. The summed E-state index contributed by atoms with van der Waals surface area (Å²) in [6, 6.07) is 5.47. The number of aliphatic carboxylic acids is 1. The summed E-state index contributed by atoms with van der Waals surface area (Å²) in [4.78, 5) is 26.8. The van der Waals surface area contributed by atoms with E-state index in [1.165, 1.54) is 0 Å². The summed E-state index contributed by atoms with van der Waals surface area (Å²) in [5, 5.41) is 16.9. The largest absolute Gasteiger partial charge is 0.490 e. The van der Waals surface area contributed by atoms with Gasteiger partial charge in [-0.3, -0.25) is 9.52 Å². The molecule has 10 nitrogen and oxygen atoms in total. The molecule has 11 heteroatoms. The van der Waals surface area contributed by atoms with E-state index in [0.29, 0.717) is 41.2 Å². The summed E-state index contributed by atoms with van der Waals surface area (Å²) in [6.45, 7) is 9.77. The molecule has 1 unspecified atom stereocenters. The molecule has 4 N–H and O–H groups in total. The molecular weight excluding hydrogens is 558 g/mol. The van der Waals surface area contributed by atoms with E-state index in [-0.39, 0.29) is 22.9 Å². The van der Waals surface area contributed by atoms with Crippen molar-refractivity contribution in [2.24, 2.45) is 0 Å². The molecule has 4 rings (SSSR count). The van der Waals surface area contributed by atoms with Crippen LogP contribution in [-0.4, -0.2) is 56.5 Å². The number of carboxylic acid groups (broad SMARTS) is 1. The lowest BCUT2D eigenvalue weighted by Crippen LogP contribution is -2.36. The Morgan fingerprint density at radius 3 is 2.36 bits per heavy atom. The van der Waals surface area contributed by atoms with Crippen molar-refractivity contribution >= 4 is 33.3 Å². The second-order valence-electron chi connectivity index (χ2n) is 12.3. The fraction of sp³-hybridized carbons (Fsp3) is 0.548. The maximum Gasteiger partial charge on any atom is 0.337 e. The number of fused-ring (bicyclic) bond motifs is 1. The molecule has 0 bridgehead atoms. The number of carbonyl (C=O) groups is 2. The van der Waals surface area contributed by atoms with Gasteiger partial charge in [-0.2, -0.15) is 0 Å². The van der Waals surface area contributed by atoms with Crippen LogP contribution in [0, 0.1) is 13.8 Å². The van der Waals surface area contributed by atoms with Crippen LogP contribution in [0.3, 0.4) is 0 Å². The van der Waals surface area contributed by atoms with Gasteiger partial charge in [-0.25, -0.2) is 13.2 Å². The van der Waals surface area contributed by atoms with Crippen LogP contribution in [0.2, 0.25) is 0 Å². The van der Waals surface area contributed by atoms with Crippen molar-refractivity contribution in [2.75, 3.05) is 29.4 Å². The molecule has 2 aromatic rings. The number of rotatable bonds is 8. The Balaban J connectivity index is 2.02. The molecule has 2 aliphatic rings. The van der Waals surface area contributed by atoms with E-state index in [9.17, 15) is 23.1 Å². The average Bonchev–Trinajstić information content (AvgIpc) is 3.16. The molecule has 1 atom stereocenters. The van der Waals surface area contributed by atoms with Crippen LogP contribution >= 0.6 is 0 Å². The average molecular weight is 602 g/mol. The number of anilines is 2. The molecule has 1 aliphatic carbocycles. The number of amides is 1. The van der Waals surface area contributed by atoms with Crippen molar-refractivity contribution in [3.05, 3.63) is 40.5 Å². The number of carboxylic acids is 1. The van der Waals surface area contributed by atoms with Gasteiger partial charge < -0.3 is 25.2 Å². The summed E-state index contributed by atoms with van der Waals surface area (Å²) < 4.78 is 39.6. The molecule has 0 radical (unpaired) electrons. The molecule has 1 aliphatic heterocycles. The molecule has 1 fully saturated rings. The van der Waals surface area contributed by atoms with E-state index in [0.717, 1.165) is 50.5 Å². The van der Waals surface area contributed by atoms with Gasteiger partial charge in [-0.05, 0) is 81.8 Å². The van der Waals surface area contributed by atoms with Gasteiger partial charge in [0.25, 0.3) is 5.91 Å². The van der Waals surface area contributed by atoms with Crippen LogP contribution < -0.4 is 20.1 Å². The number of benzene rings is 2. The summed E-state index contributed by atoms with van der Waals surface area (Å²) in [7, 11) is -3.84. The number of hydrogen-bond donors (Lipinski definition) is 4. The van der Waals surface area contributed by atoms with Crippen molar-refractivity contribution in [1.82, 2.24) is 5.32 Å². The first-order valence-corrected chi connectivity index (χ1v) is 16.4. The standard InChI is InChI=1S/C31H43N3O7S/c1-18-24(20-13-14-23-22(17-20)32-15-16-40-23)25(28(30(36)37)41-31(3,4)5)19(2)27(34-42(6,38)39)26(18)29(35)33-21-11-9-7-8-10-12-21/h13-14,17,21,28,32,34H,7-12,15-16H2,1-6H3,(H,33,35)(H,36,37). The normalized spacial score (nSPS) is 16.8.